The molecule has 4 nitrogen and oxygen atoms in total. The molecule has 0 fully saturated rings. The van der Waals surface area contributed by atoms with Gasteiger partial charge in [-0.2, -0.15) is 0 Å². The summed E-state index contributed by atoms with van der Waals surface area (Å²) in [4.78, 5) is 10.4. The van der Waals surface area contributed by atoms with E-state index in [0.29, 0.717) is 6.61 Å². The second-order valence-electron chi connectivity index (χ2n) is 2.99. The molecule has 0 radical (unpaired) electrons. The number of ether oxygens (including phenoxy) is 1. The van der Waals surface area contributed by atoms with Crippen LogP contribution in [0.5, 0.6) is 0 Å². The van der Waals surface area contributed by atoms with Crippen LogP contribution in [0.15, 0.2) is 30.3 Å². The number of aliphatic carboxylic acids is 1. The Morgan fingerprint density at radius 1 is 1.43 bits per heavy atom. The minimum absolute atomic E-state index is 0.157. The molecule has 0 bridgehead atoms. The fourth-order valence-corrected chi connectivity index (χ4v) is 0.994. The molecule has 1 aromatic carbocycles. The first kappa shape index (κ1) is 10.7. The normalized spacial score (nSPS) is 12.4. The van der Waals surface area contributed by atoms with Gasteiger partial charge in [-0.3, -0.25) is 4.79 Å². The zero-order valence-corrected chi connectivity index (χ0v) is 7.76. The van der Waals surface area contributed by atoms with Gasteiger partial charge in [0.25, 0.3) is 0 Å². The van der Waals surface area contributed by atoms with Gasteiger partial charge in [-0.1, -0.05) is 30.3 Å². The van der Waals surface area contributed by atoms with Crippen molar-refractivity contribution in [1.82, 2.24) is 0 Å². The summed E-state index contributed by atoms with van der Waals surface area (Å²) in [6.45, 7) is 0.673. The summed E-state index contributed by atoms with van der Waals surface area (Å²) in [6.07, 6.45) is 0. The highest BCUT2D eigenvalue weighted by atomic mass is 16.5. The standard InChI is InChI=1S/C10H13NO3/c11-9(10(12)13)7-14-6-8-4-2-1-3-5-8/h1-5,9H,6-7,11H2,(H,12,13)/p+1/t9-/m1/s1. The Morgan fingerprint density at radius 2 is 2.07 bits per heavy atom. The van der Waals surface area contributed by atoms with Crippen molar-refractivity contribution in [3.8, 4) is 0 Å². The minimum Gasteiger partial charge on any atom is -0.480 e. The number of carboxylic acids is 1. The molecule has 0 spiro atoms. The van der Waals surface area contributed by atoms with E-state index in [0.717, 1.165) is 5.56 Å². The van der Waals surface area contributed by atoms with Crippen LogP contribution in [0, 0.1) is 0 Å². The van der Waals surface area contributed by atoms with E-state index in [2.05, 4.69) is 4.74 Å². The summed E-state index contributed by atoms with van der Waals surface area (Å²) in [7, 11) is 0. The Balaban J connectivity index is 2.26. The first-order chi connectivity index (χ1) is 6.70. The first-order valence-electron chi connectivity index (χ1n) is 4.35. The summed E-state index contributed by atoms with van der Waals surface area (Å²) >= 11 is 0. The molecular formula is C10H14NO3+. The van der Waals surface area contributed by atoms with Gasteiger partial charge in [0.1, 0.15) is 0 Å². The molecule has 0 heterocycles. The minimum atomic E-state index is -1.01. The maximum absolute atomic E-state index is 10.4. The van der Waals surface area contributed by atoms with E-state index in [1.165, 1.54) is 0 Å². The number of carbonyl (C=O) groups is 1. The number of aliphatic hydroxyl groups is 2. The molecule has 4 heteroatoms. The fourth-order valence-electron chi connectivity index (χ4n) is 0.994. The molecule has 0 aliphatic carbocycles. The van der Waals surface area contributed by atoms with Crippen LogP contribution in [0.1, 0.15) is 5.56 Å². The monoisotopic (exact) mass is 196 g/mol. The van der Waals surface area contributed by atoms with Crippen molar-refractivity contribution in [2.24, 2.45) is 5.73 Å². The summed E-state index contributed by atoms with van der Waals surface area (Å²) in [5.74, 6) is -1.01. The van der Waals surface area contributed by atoms with Crippen molar-refractivity contribution in [1.29, 1.82) is 0 Å². The van der Waals surface area contributed by atoms with E-state index in [1.807, 2.05) is 30.3 Å². The maximum atomic E-state index is 10.4. The third-order valence-corrected chi connectivity index (χ3v) is 1.78. The topological polar surface area (TPSA) is 76.1 Å². The number of hydrogen-bond donors (Lipinski definition) is 2. The van der Waals surface area contributed by atoms with Crippen molar-refractivity contribution in [2.45, 2.75) is 12.6 Å². The van der Waals surface area contributed by atoms with E-state index in [-0.39, 0.29) is 6.61 Å². The van der Waals surface area contributed by atoms with Crippen molar-refractivity contribution < 1.29 is 14.6 Å². The van der Waals surface area contributed by atoms with Gasteiger partial charge in [0.15, 0.2) is 19.3 Å². The molecule has 4 N–H and O–H groups in total. The van der Waals surface area contributed by atoms with Crippen LogP contribution < -0.4 is 5.73 Å². The largest absolute Gasteiger partial charge is 0.480 e. The third-order valence-electron chi connectivity index (χ3n) is 1.78. The van der Waals surface area contributed by atoms with Crippen LogP contribution in [0.2, 0.25) is 0 Å². The van der Waals surface area contributed by atoms with E-state index < -0.39 is 12.0 Å². The molecule has 0 aliphatic heterocycles. The molecule has 0 aromatic heterocycles. The predicted molar refractivity (Wildman–Crippen MR) is 52.8 cm³/mol. The van der Waals surface area contributed by atoms with E-state index >= 15 is 0 Å². The highest BCUT2D eigenvalue weighted by molar-refractivity contribution is 5.73. The summed E-state index contributed by atoms with van der Waals surface area (Å²) in [5, 5.41) is 8.49. The van der Waals surface area contributed by atoms with Crippen LogP contribution in [-0.2, 0) is 11.4 Å². The Morgan fingerprint density at radius 3 is 2.64 bits per heavy atom. The van der Waals surface area contributed by atoms with E-state index in [9.17, 15) is 4.79 Å². The average Bonchev–Trinajstić information content (AvgIpc) is 2.19. The summed E-state index contributed by atoms with van der Waals surface area (Å²) in [6, 6.07) is 8.75. The Labute approximate surface area is 82.3 Å². The van der Waals surface area contributed by atoms with Gasteiger partial charge < -0.3 is 15.6 Å². The number of carboxylic acid groups (broad SMARTS) is 1. The first-order valence-corrected chi connectivity index (χ1v) is 4.35. The predicted octanol–water partition coefficient (Wildman–Crippen LogP) is 0.126. The zero-order valence-electron chi connectivity index (χ0n) is 7.76. The molecule has 1 atom stereocenters. The van der Waals surface area contributed by atoms with Crippen molar-refractivity contribution in [3.05, 3.63) is 35.9 Å². The lowest BCUT2D eigenvalue weighted by molar-refractivity contribution is -0.144. The Hall–Kier alpha value is -1.39. The fraction of sp³-hybridized carbons (Fsp3) is 0.300. The zero-order chi connectivity index (χ0) is 10.4. The highest BCUT2D eigenvalue weighted by Gasteiger charge is 2.14. The van der Waals surface area contributed by atoms with Gasteiger partial charge in [-0.25, -0.2) is 0 Å². The van der Waals surface area contributed by atoms with Crippen LogP contribution in [0.4, 0.5) is 0 Å². The molecule has 1 aromatic rings. The smallest absolute Gasteiger partial charge is 0.328 e. The molecule has 0 saturated carbocycles. The van der Waals surface area contributed by atoms with Gasteiger partial charge in [-0.05, 0) is 0 Å². The Kier molecular flexibility index (Phi) is 4.10. The number of hydrogen-bond acceptors (Lipinski definition) is 2. The molecule has 76 valence electrons. The molecule has 0 amide bonds. The van der Waals surface area contributed by atoms with Crippen LogP contribution in [0.3, 0.4) is 0 Å². The second kappa shape index (κ2) is 5.36. The SMILES string of the molecule is N[C@H](C[OH+]Cc1ccccc1)C(=O)O. The third kappa shape index (κ3) is 3.55. The second-order valence-corrected chi connectivity index (χ2v) is 2.99. The molecule has 14 heavy (non-hydrogen) atoms. The molecule has 1 rings (SSSR count). The van der Waals surface area contributed by atoms with Crippen LogP contribution in [0.25, 0.3) is 0 Å². The molecule has 0 aliphatic rings. The molecular weight excluding hydrogens is 182 g/mol. The van der Waals surface area contributed by atoms with Crippen molar-refractivity contribution in [3.63, 3.8) is 0 Å². The van der Waals surface area contributed by atoms with E-state index in [1.54, 1.807) is 0 Å². The number of benzene rings is 1. The lowest BCUT2D eigenvalue weighted by Crippen LogP contribution is -2.36. The lowest BCUT2D eigenvalue weighted by atomic mass is 10.2. The average molecular weight is 196 g/mol. The maximum Gasteiger partial charge on any atom is 0.328 e. The van der Waals surface area contributed by atoms with Crippen LogP contribution >= 0.6 is 0 Å². The summed E-state index contributed by atoms with van der Waals surface area (Å²) < 4.78 is 4.06. The van der Waals surface area contributed by atoms with Gasteiger partial charge in [0.2, 0.25) is 0 Å². The quantitative estimate of drug-likeness (QED) is 0.657. The van der Waals surface area contributed by atoms with Crippen molar-refractivity contribution >= 4 is 5.97 Å². The molecule has 0 saturated heterocycles. The number of rotatable bonds is 5. The van der Waals surface area contributed by atoms with Crippen molar-refractivity contribution in [2.75, 3.05) is 6.61 Å². The van der Waals surface area contributed by atoms with Crippen LogP contribution in [-0.4, -0.2) is 28.5 Å². The van der Waals surface area contributed by atoms with E-state index in [4.69, 9.17) is 10.8 Å². The number of nitrogens with two attached hydrogens (primary N) is 1. The van der Waals surface area contributed by atoms with Gasteiger partial charge in [0.05, 0.1) is 0 Å². The molecule has 0 unspecified atom stereocenters. The highest BCUT2D eigenvalue weighted by Crippen LogP contribution is 1.98. The van der Waals surface area contributed by atoms with Gasteiger partial charge >= 0.3 is 5.97 Å². The van der Waals surface area contributed by atoms with Gasteiger partial charge in [0, 0.05) is 5.56 Å². The van der Waals surface area contributed by atoms with Gasteiger partial charge in [-0.15, -0.1) is 0 Å². The lowest BCUT2D eigenvalue weighted by Gasteiger charge is -2.04. The Bertz CT molecular complexity index is 287. The summed E-state index contributed by atoms with van der Waals surface area (Å²) in [5.41, 5.74) is 6.35.